The van der Waals surface area contributed by atoms with Gasteiger partial charge in [0.05, 0.1) is 29.0 Å². The van der Waals surface area contributed by atoms with Gasteiger partial charge in [0.1, 0.15) is 5.65 Å². The molecular weight excluding hydrogens is 474 g/mol. The molecule has 5 N–H and O–H groups in total. The van der Waals surface area contributed by atoms with Crippen molar-refractivity contribution in [1.82, 2.24) is 35.3 Å². The van der Waals surface area contributed by atoms with Gasteiger partial charge in [-0.3, -0.25) is 14.3 Å². The molecule has 5 aromatic rings. The zero-order chi connectivity index (χ0) is 24.5. The van der Waals surface area contributed by atoms with Crippen LogP contribution in [0.25, 0.3) is 33.6 Å². The lowest BCUT2D eigenvalue weighted by Crippen LogP contribution is -2.33. The predicted octanol–water partition coefficient (Wildman–Crippen LogP) is 2.63. The smallest absolute Gasteiger partial charge is 0.320 e. The number of aryl methyl sites for hydroxylation is 1. The Labute approximate surface area is 202 Å². The van der Waals surface area contributed by atoms with Crippen molar-refractivity contribution in [2.45, 2.75) is 0 Å². The highest BCUT2D eigenvalue weighted by Crippen LogP contribution is 2.32. The molecule has 2 amide bonds. The van der Waals surface area contributed by atoms with Crippen LogP contribution < -0.4 is 16.4 Å². The van der Waals surface area contributed by atoms with Gasteiger partial charge in [-0.05, 0) is 24.3 Å². The van der Waals surface area contributed by atoms with E-state index in [0.717, 1.165) is 16.5 Å². The summed E-state index contributed by atoms with van der Waals surface area (Å²) < 4.78 is 7.52. The third-order valence-electron chi connectivity index (χ3n) is 5.12. The average molecular weight is 492 g/mol. The number of aromatic nitrogens is 6. The van der Waals surface area contributed by atoms with Crippen LogP contribution in [0.4, 0.5) is 11.7 Å². The molecule has 5 rings (SSSR count). The maximum atomic E-state index is 12.1. The van der Waals surface area contributed by atoms with Crippen molar-refractivity contribution in [2.24, 2.45) is 12.8 Å². The van der Waals surface area contributed by atoms with E-state index in [-0.39, 0.29) is 29.0 Å². The van der Waals surface area contributed by atoms with Crippen LogP contribution in [-0.2, 0) is 11.8 Å². The minimum atomic E-state index is -0.644. The third kappa shape index (κ3) is 4.54. The molecule has 0 fully saturated rings. The average Bonchev–Trinajstić information content (AvgIpc) is 3.57. The van der Waals surface area contributed by atoms with Gasteiger partial charge in [-0.1, -0.05) is 16.7 Å². The molecule has 0 aliphatic heterocycles. The van der Waals surface area contributed by atoms with Crippen LogP contribution >= 0.6 is 11.6 Å². The quantitative estimate of drug-likeness (QED) is 0.269. The van der Waals surface area contributed by atoms with E-state index < -0.39 is 11.8 Å². The molecule has 4 aromatic heterocycles. The summed E-state index contributed by atoms with van der Waals surface area (Å²) in [6.45, 7) is -0.270. The fraction of sp³-hybridized carbons (Fsp3) is 0.0909. The summed E-state index contributed by atoms with van der Waals surface area (Å²) in [6.07, 6.45) is 7.18. The first-order chi connectivity index (χ1) is 16.9. The predicted molar refractivity (Wildman–Crippen MR) is 128 cm³/mol. The highest BCUT2D eigenvalue weighted by molar-refractivity contribution is 6.33. The number of aromatic amines is 1. The Morgan fingerprint density at radius 3 is 2.80 bits per heavy atom. The van der Waals surface area contributed by atoms with E-state index in [1.165, 1.54) is 12.1 Å². The van der Waals surface area contributed by atoms with Crippen molar-refractivity contribution in [3.63, 3.8) is 0 Å². The van der Waals surface area contributed by atoms with Crippen molar-refractivity contribution in [1.29, 1.82) is 0 Å². The van der Waals surface area contributed by atoms with Gasteiger partial charge in [0.25, 0.3) is 11.8 Å². The zero-order valence-electron chi connectivity index (χ0n) is 18.2. The first-order valence-electron chi connectivity index (χ1n) is 10.3. The lowest BCUT2D eigenvalue weighted by Gasteiger charge is -2.07. The number of nitrogens with two attached hydrogens (primary N) is 1. The molecule has 0 atom stereocenters. The van der Waals surface area contributed by atoms with Crippen LogP contribution in [-0.4, -0.2) is 48.3 Å². The Morgan fingerprint density at radius 2 is 2.06 bits per heavy atom. The maximum Gasteiger partial charge on any atom is 0.320 e. The van der Waals surface area contributed by atoms with Crippen LogP contribution in [0.1, 0.15) is 10.4 Å². The Morgan fingerprint density at radius 1 is 1.20 bits per heavy atom. The van der Waals surface area contributed by atoms with E-state index in [0.29, 0.717) is 16.9 Å². The molecule has 0 radical (unpaired) electrons. The number of hydrogen-bond acceptors (Lipinski definition) is 8. The van der Waals surface area contributed by atoms with Crippen molar-refractivity contribution in [3.8, 4) is 22.6 Å². The molecule has 0 bridgehead atoms. The molecule has 4 heterocycles. The largest absolute Gasteiger partial charge is 0.403 e. The second-order valence-corrected chi connectivity index (χ2v) is 8.01. The summed E-state index contributed by atoms with van der Waals surface area (Å²) in [6, 6.07) is 6.65. The van der Waals surface area contributed by atoms with Crippen LogP contribution in [0.5, 0.6) is 0 Å². The Hall–Kier alpha value is -4.71. The van der Waals surface area contributed by atoms with E-state index in [1.807, 2.05) is 19.3 Å². The fourth-order valence-corrected chi connectivity index (χ4v) is 3.66. The number of primary amides is 1. The van der Waals surface area contributed by atoms with Crippen molar-refractivity contribution in [3.05, 3.63) is 59.6 Å². The molecule has 35 heavy (non-hydrogen) atoms. The van der Waals surface area contributed by atoms with Gasteiger partial charge in [-0.25, -0.2) is 4.98 Å². The SMILES string of the molecule is Cn1cc(-c2cnc3[nH]cc(-c4nnc(Nc5ccc(C(=O)NCC(N)=O)cc5Cl)o4)c3c2)cn1. The fourth-order valence-electron chi connectivity index (χ4n) is 3.43. The van der Waals surface area contributed by atoms with Gasteiger partial charge in [0, 0.05) is 47.7 Å². The first-order valence-corrected chi connectivity index (χ1v) is 10.7. The molecule has 0 saturated heterocycles. The first kappa shape index (κ1) is 22.1. The number of carbonyl (C=O) groups excluding carboxylic acids is 2. The molecule has 0 saturated carbocycles. The lowest BCUT2D eigenvalue weighted by molar-refractivity contribution is -0.117. The number of H-pyrrole nitrogens is 1. The molecule has 12 nitrogen and oxygen atoms in total. The Balaban J connectivity index is 1.37. The number of amides is 2. The van der Waals surface area contributed by atoms with Crippen LogP contribution in [0, 0.1) is 0 Å². The molecule has 0 spiro atoms. The number of hydrogen-bond donors (Lipinski definition) is 4. The molecule has 1 aromatic carbocycles. The lowest BCUT2D eigenvalue weighted by atomic mass is 10.1. The van der Waals surface area contributed by atoms with Crippen LogP contribution in [0.15, 0.2) is 53.5 Å². The van der Waals surface area contributed by atoms with Gasteiger partial charge in [-0.15, -0.1) is 5.10 Å². The molecule has 176 valence electrons. The summed E-state index contributed by atoms with van der Waals surface area (Å²) in [5, 5.41) is 18.8. The number of rotatable bonds is 7. The molecule has 13 heteroatoms. The summed E-state index contributed by atoms with van der Waals surface area (Å²) >= 11 is 6.30. The second kappa shape index (κ2) is 8.91. The summed E-state index contributed by atoms with van der Waals surface area (Å²) in [7, 11) is 1.85. The minimum absolute atomic E-state index is 0.110. The second-order valence-electron chi connectivity index (χ2n) is 7.61. The number of fused-ring (bicyclic) bond motifs is 1. The zero-order valence-corrected chi connectivity index (χ0v) is 19.0. The highest BCUT2D eigenvalue weighted by Gasteiger charge is 2.17. The standard InChI is InChI=1S/C22H18ClN9O3/c1-32-10-13(7-28-32)12-4-14-15(8-26-19(14)25-6-12)21-30-31-22(35-21)29-17-3-2-11(5-16(17)23)20(34)27-9-18(24)33/h2-8,10H,9H2,1H3,(H2,24,33)(H,25,26)(H,27,34)(H,29,31). The van der Waals surface area contributed by atoms with Gasteiger partial charge in [0.15, 0.2) is 0 Å². The summed E-state index contributed by atoms with van der Waals surface area (Å²) in [4.78, 5) is 30.5. The van der Waals surface area contributed by atoms with Crippen molar-refractivity contribution >= 4 is 46.2 Å². The monoisotopic (exact) mass is 491 g/mol. The third-order valence-corrected chi connectivity index (χ3v) is 5.43. The van der Waals surface area contributed by atoms with Gasteiger partial charge in [0.2, 0.25) is 5.91 Å². The maximum absolute atomic E-state index is 12.1. The van der Waals surface area contributed by atoms with Gasteiger partial charge in [-0.2, -0.15) is 5.10 Å². The van der Waals surface area contributed by atoms with Crippen molar-refractivity contribution < 1.29 is 14.0 Å². The minimum Gasteiger partial charge on any atom is -0.403 e. The Bertz CT molecular complexity index is 1570. The van der Waals surface area contributed by atoms with E-state index >= 15 is 0 Å². The van der Waals surface area contributed by atoms with Gasteiger partial charge >= 0.3 is 6.01 Å². The number of carbonyl (C=O) groups is 2. The van der Waals surface area contributed by atoms with E-state index in [9.17, 15) is 9.59 Å². The molecule has 0 unspecified atom stereocenters. The highest BCUT2D eigenvalue weighted by atomic mass is 35.5. The number of benzene rings is 1. The Kier molecular flexibility index (Phi) is 5.63. The molecular formula is C22H18ClN9O3. The molecule has 0 aliphatic rings. The number of nitrogens with zero attached hydrogens (tertiary/aromatic N) is 5. The van der Waals surface area contributed by atoms with E-state index in [1.54, 1.807) is 29.3 Å². The van der Waals surface area contributed by atoms with E-state index in [4.69, 9.17) is 21.8 Å². The van der Waals surface area contributed by atoms with Gasteiger partial charge < -0.3 is 25.8 Å². The number of nitrogens with one attached hydrogen (secondary N) is 3. The topological polar surface area (TPSA) is 170 Å². The number of halogens is 1. The molecule has 0 aliphatic carbocycles. The van der Waals surface area contributed by atoms with Crippen LogP contribution in [0.3, 0.4) is 0 Å². The number of anilines is 2. The number of pyridine rings is 1. The van der Waals surface area contributed by atoms with E-state index in [2.05, 4.69) is 35.9 Å². The van der Waals surface area contributed by atoms with Crippen LogP contribution in [0.2, 0.25) is 5.02 Å². The summed E-state index contributed by atoms with van der Waals surface area (Å²) in [5.41, 5.74) is 8.95. The normalized spacial score (nSPS) is 11.0. The summed E-state index contributed by atoms with van der Waals surface area (Å²) in [5.74, 6) is -0.840. The van der Waals surface area contributed by atoms with Crippen molar-refractivity contribution in [2.75, 3.05) is 11.9 Å².